The minimum Gasteiger partial charge on any atom is -0.378 e. The van der Waals surface area contributed by atoms with Gasteiger partial charge in [0.25, 0.3) is 0 Å². The summed E-state index contributed by atoms with van der Waals surface area (Å²) in [5.74, 6) is 2.13. The van der Waals surface area contributed by atoms with E-state index in [4.69, 9.17) is 20.4 Å². The van der Waals surface area contributed by atoms with Crippen LogP contribution in [0.4, 0.5) is 17.7 Å². The molecule has 2 aromatic heterocycles. The van der Waals surface area contributed by atoms with E-state index < -0.39 is 10.0 Å². The predicted molar refractivity (Wildman–Crippen MR) is 119 cm³/mol. The van der Waals surface area contributed by atoms with E-state index in [1.807, 2.05) is 0 Å². The Labute approximate surface area is 186 Å². The zero-order valence-electron chi connectivity index (χ0n) is 17.9. The van der Waals surface area contributed by atoms with Crippen molar-refractivity contribution in [2.45, 2.75) is 24.9 Å². The molecule has 0 amide bonds. The second kappa shape index (κ2) is 7.22. The number of nitrogens with two attached hydrogens (primary N) is 1. The molecule has 0 aromatic carbocycles. The normalized spacial score (nSPS) is 27.5. The average Bonchev–Trinajstić information content (AvgIpc) is 3.49. The van der Waals surface area contributed by atoms with Gasteiger partial charge in [0.2, 0.25) is 21.9 Å². The smallest absolute Gasteiger partial charge is 0.228 e. The van der Waals surface area contributed by atoms with Gasteiger partial charge in [-0.2, -0.15) is 9.29 Å². The summed E-state index contributed by atoms with van der Waals surface area (Å²) in [6.07, 6.45) is 6.43. The van der Waals surface area contributed by atoms with Gasteiger partial charge in [0.05, 0.1) is 31.2 Å². The average molecular weight is 459 g/mol. The molecule has 4 fully saturated rings. The van der Waals surface area contributed by atoms with Crippen LogP contribution in [0, 0.1) is 5.92 Å². The monoisotopic (exact) mass is 458 g/mol. The number of anilines is 3. The zero-order chi connectivity index (χ0) is 22.0. The van der Waals surface area contributed by atoms with E-state index >= 15 is 0 Å². The maximum Gasteiger partial charge on any atom is 0.228 e. The quantitative estimate of drug-likeness (QED) is 0.654. The SMILES string of the molecule is CS(=O)(=O)N1C[C@H]2C[C@@H]1[C@@H]2N1CCc2c(-c3cnc(N)nc3)nc(N3CCOCC3)nc21. The number of hydrogen-bond donors (Lipinski definition) is 1. The fraction of sp³-hybridized carbons (Fsp3) is 0.600. The van der Waals surface area contributed by atoms with Crippen LogP contribution in [-0.2, 0) is 21.2 Å². The van der Waals surface area contributed by atoms with Crippen molar-refractivity contribution < 1.29 is 13.2 Å². The van der Waals surface area contributed by atoms with Gasteiger partial charge in [-0.25, -0.2) is 23.4 Å². The van der Waals surface area contributed by atoms with Crippen molar-refractivity contribution >= 4 is 27.7 Å². The molecule has 3 atom stereocenters. The van der Waals surface area contributed by atoms with Gasteiger partial charge < -0.3 is 20.3 Å². The number of morpholine rings is 1. The number of nitrogen functional groups attached to an aromatic ring is 1. The summed E-state index contributed by atoms with van der Waals surface area (Å²) >= 11 is 0. The van der Waals surface area contributed by atoms with Crippen LogP contribution in [0.2, 0.25) is 0 Å². The van der Waals surface area contributed by atoms with Gasteiger partial charge in [-0.05, 0) is 18.8 Å². The van der Waals surface area contributed by atoms with Gasteiger partial charge >= 0.3 is 0 Å². The summed E-state index contributed by atoms with van der Waals surface area (Å²) in [5, 5.41) is 0. The van der Waals surface area contributed by atoms with Crippen molar-refractivity contribution in [1.29, 1.82) is 0 Å². The standard InChI is InChI=1S/C20H26N8O3S/c1-32(29,30)28-11-12-8-15(28)17(12)27-3-2-14-16(13-9-22-19(21)23-10-13)24-20(25-18(14)27)26-4-6-31-7-5-26/h9-10,12,15,17H,2-8,11H2,1H3,(H2,21,22,23)/t12-,15-,17-/m1/s1. The summed E-state index contributed by atoms with van der Waals surface area (Å²) < 4.78 is 31.7. The molecule has 2 N–H and O–H groups in total. The van der Waals surface area contributed by atoms with Crippen molar-refractivity contribution in [3.8, 4) is 11.3 Å². The fourth-order valence-electron chi connectivity index (χ4n) is 5.55. The van der Waals surface area contributed by atoms with Gasteiger partial charge in [-0.3, -0.25) is 0 Å². The highest BCUT2D eigenvalue weighted by molar-refractivity contribution is 7.88. The number of nitrogens with zero attached hydrogens (tertiary/aromatic N) is 7. The van der Waals surface area contributed by atoms with Crippen molar-refractivity contribution in [1.82, 2.24) is 24.2 Å². The number of ether oxygens (including phenoxy) is 1. The Hall–Kier alpha value is -2.57. The number of hydrogen-bond acceptors (Lipinski definition) is 10. The molecule has 0 spiro atoms. The Balaban J connectivity index is 1.41. The van der Waals surface area contributed by atoms with Crippen LogP contribution in [-0.4, -0.2) is 90.4 Å². The molecule has 32 heavy (non-hydrogen) atoms. The number of aromatic nitrogens is 4. The van der Waals surface area contributed by atoms with Crippen LogP contribution in [0.1, 0.15) is 12.0 Å². The van der Waals surface area contributed by atoms with Crippen LogP contribution in [0.25, 0.3) is 11.3 Å². The van der Waals surface area contributed by atoms with Gasteiger partial charge in [0.1, 0.15) is 5.82 Å². The van der Waals surface area contributed by atoms with Crippen molar-refractivity contribution in [2.24, 2.45) is 5.92 Å². The zero-order valence-corrected chi connectivity index (χ0v) is 18.7. The highest BCUT2D eigenvalue weighted by Gasteiger charge is 2.58. The predicted octanol–water partition coefficient (Wildman–Crippen LogP) is -0.253. The fourth-order valence-corrected chi connectivity index (χ4v) is 6.71. The minimum absolute atomic E-state index is 0.0195. The molecular formula is C20H26N8O3S. The highest BCUT2D eigenvalue weighted by atomic mass is 32.2. The van der Waals surface area contributed by atoms with E-state index in [0.29, 0.717) is 31.6 Å². The topological polar surface area (TPSA) is 131 Å². The summed E-state index contributed by atoms with van der Waals surface area (Å²) in [6, 6.07) is 0.181. The Bertz CT molecular complexity index is 1150. The lowest BCUT2D eigenvalue weighted by Crippen LogP contribution is -2.55. The first kappa shape index (κ1) is 20.1. The first-order valence-electron chi connectivity index (χ1n) is 10.9. The third kappa shape index (κ3) is 3.11. The highest BCUT2D eigenvalue weighted by Crippen LogP contribution is 2.49. The number of fused-ring (bicyclic) bond motifs is 2. The second-order valence-corrected chi connectivity index (χ2v) is 10.9. The Morgan fingerprint density at radius 2 is 1.88 bits per heavy atom. The van der Waals surface area contributed by atoms with Gasteiger partial charge in [-0.15, -0.1) is 0 Å². The molecule has 1 aliphatic carbocycles. The molecule has 0 unspecified atom stereocenters. The van der Waals surface area contributed by atoms with E-state index in [2.05, 4.69) is 19.8 Å². The molecular weight excluding hydrogens is 432 g/mol. The van der Waals surface area contributed by atoms with E-state index in [0.717, 1.165) is 55.1 Å². The third-order valence-corrected chi connectivity index (χ3v) is 8.35. The van der Waals surface area contributed by atoms with E-state index in [1.54, 1.807) is 16.7 Å². The Morgan fingerprint density at radius 1 is 1.12 bits per heavy atom. The molecule has 170 valence electrons. The molecule has 11 nitrogen and oxygen atoms in total. The molecule has 0 radical (unpaired) electrons. The van der Waals surface area contributed by atoms with Gasteiger partial charge in [0.15, 0.2) is 0 Å². The first-order valence-corrected chi connectivity index (χ1v) is 12.8. The maximum absolute atomic E-state index is 12.2. The molecule has 6 heterocycles. The third-order valence-electron chi connectivity index (χ3n) is 7.08. The Kier molecular flexibility index (Phi) is 4.53. The van der Waals surface area contributed by atoms with Gasteiger partial charge in [0, 0.05) is 55.7 Å². The molecule has 4 aliphatic heterocycles. The number of sulfonamides is 1. The molecule has 5 aliphatic rings. The molecule has 7 rings (SSSR count). The van der Waals surface area contributed by atoms with Gasteiger partial charge in [-0.1, -0.05) is 0 Å². The number of rotatable bonds is 4. The lowest BCUT2D eigenvalue weighted by Gasteiger charge is -2.43. The van der Waals surface area contributed by atoms with Crippen LogP contribution >= 0.6 is 0 Å². The van der Waals surface area contributed by atoms with Crippen LogP contribution in [0.15, 0.2) is 12.4 Å². The lowest BCUT2D eigenvalue weighted by atomic mass is 9.79. The summed E-state index contributed by atoms with van der Waals surface area (Å²) in [4.78, 5) is 22.7. The first-order chi connectivity index (χ1) is 15.4. The van der Waals surface area contributed by atoms with Crippen LogP contribution in [0.3, 0.4) is 0 Å². The van der Waals surface area contributed by atoms with Crippen molar-refractivity contribution in [3.05, 3.63) is 18.0 Å². The summed E-state index contributed by atoms with van der Waals surface area (Å²) in [5.41, 5.74) is 8.39. The molecule has 1 saturated carbocycles. The second-order valence-electron chi connectivity index (χ2n) is 8.93. The maximum atomic E-state index is 12.2. The minimum atomic E-state index is -3.21. The van der Waals surface area contributed by atoms with Crippen molar-refractivity contribution in [3.63, 3.8) is 0 Å². The largest absolute Gasteiger partial charge is 0.378 e. The van der Waals surface area contributed by atoms with Crippen LogP contribution in [0.5, 0.6) is 0 Å². The van der Waals surface area contributed by atoms with E-state index in [1.165, 1.54) is 6.26 Å². The summed E-state index contributed by atoms with van der Waals surface area (Å²) in [7, 11) is -3.21. The van der Waals surface area contributed by atoms with Crippen molar-refractivity contribution in [2.75, 3.05) is 61.2 Å². The molecule has 2 aromatic rings. The Morgan fingerprint density at radius 3 is 2.56 bits per heavy atom. The molecule has 12 heteroatoms. The van der Waals surface area contributed by atoms with E-state index in [9.17, 15) is 8.42 Å². The van der Waals surface area contributed by atoms with E-state index in [-0.39, 0.29) is 18.0 Å². The molecule has 3 saturated heterocycles. The summed E-state index contributed by atoms with van der Waals surface area (Å²) in [6.45, 7) is 4.13. The van der Waals surface area contributed by atoms with Crippen LogP contribution < -0.4 is 15.5 Å². The molecule has 2 bridgehead atoms. The lowest BCUT2D eigenvalue weighted by molar-refractivity contribution is 0.122.